The molecule has 1 N–H and O–H groups in total. The molecule has 0 aliphatic carbocycles. The van der Waals surface area contributed by atoms with Crippen molar-refractivity contribution in [2.45, 2.75) is 37.8 Å². The predicted molar refractivity (Wildman–Crippen MR) is 87.8 cm³/mol. The Bertz CT molecular complexity index is 683. The van der Waals surface area contributed by atoms with Crippen LogP contribution in [0.5, 0.6) is 0 Å². The summed E-state index contributed by atoms with van der Waals surface area (Å²) in [5.74, 6) is -3.39. The van der Waals surface area contributed by atoms with Crippen LogP contribution in [-0.2, 0) is 4.79 Å². The van der Waals surface area contributed by atoms with Crippen LogP contribution in [0.1, 0.15) is 31.4 Å². The van der Waals surface area contributed by atoms with Gasteiger partial charge in [0.05, 0.1) is 6.04 Å². The van der Waals surface area contributed by atoms with Crippen molar-refractivity contribution in [3.05, 3.63) is 34.9 Å². The number of benzene rings is 1. The standard InChI is InChI=1S/C17H19ClF2N2O3/c1-10-6-14(23)21(8-10)13-7-17(19,20)15(22(9-13)16(24)25)11-2-4-12(18)5-3-11/h2-5,10,13,15H,6-9H2,1H3,(H,24,25)/t10?,13-,15?/m1/s1. The molecule has 1 aromatic carbocycles. The summed E-state index contributed by atoms with van der Waals surface area (Å²) in [6.45, 7) is 2.14. The maximum Gasteiger partial charge on any atom is 0.408 e. The molecule has 2 saturated heterocycles. The van der Waals surface area contributed by atoms with Crippen LogP contribution in [0.3, 0.4) is 0 Å². The number of carbonyl (C=O) groups excluding carboxylic acids is 1. The van der Waals surface area contributed by atoms with Crippen LogP contribution in [0.4, 0.5) is 13.6 Å². The van der Waals surface area contributed by atoms with E-state index in [-0.39, 0.29) is 23.9 Å². The number of carboxylic acid groups (broad SMARTS) is 1. The summed E-state index contributed by atoms with van der Waals surface area (Å²) in [5, 5.41) is 9.89. The van der Waals surface area contributed by atoms with Gasteiger partial charge in [-0.1, -0.05) is 30.7 Å². The SMILES string of the molecule is CC1CC(=O)N([C@H]2CN(C(=O)O)C(c3ccc(Cl)cc3)C(F)(F)C2)C1. The first kappa shape index (κ1) is 17.9. The van der Waals surface area contributed by atoms with Gasteiger partial charge in [0.1, 0.15) is 6.04 Å². The van der Waals surface area contributed by atoms with Crippen LogP contribution < -0.4 is 0 Å². The molecule has 2 aliphatic rings. The third-order valence-corrected chi connectivity index (χ3v) is 5.10. The smallest absolute Gasteiger partial charge is 0.408 e. The fourth-order valence-electron chi connectivity index (χ4n) is 3.79. The van der Waals surface area contributed by atoms with E-state index in [0.29, 0.717) is 18.0 Å². The first-order valence-electron chi connectivity index (χ1n) is 8.11. The highest BCUT2D eigenvalue weighted by Gasteiger charge is 2.54. The molecule has 8 heteroatoms. The largest absolute Gasteiger partial charge is 0.465 e. The molecule has 5 nitrogen and oxygen atoms in total. The lowest BCUT2D eigenvalue weighted by atomic mass is 9.88. The Morgan fingerprint density at radius 1 is 1.28 bits per heavy atom. The first-order chi connectivity index (χ1) is 11.7. The van der Waals surface area contributed by atoms with Gasteiger partial charge in [-0.3, -0.25) is 9.69 Å². The van der Waals surface area contributed by atoms with Crippen LogP contribution in [0, 0.1) is 5.92 Å². The van der Waals surface area contributed by atoms with Crippen LogP contribution in [0.15, 0.2) is 24.3 Å². The fourth-order valence-corrected chi connectivity index (χ4v) is 3.91. The van der Waals surface area contributed by atoms with Crippen molar-refractivity contribution < 1.29 is 23.5 Å². The van der Waals surface area contributed by atoms with E-state index in [1.54, 1.807) is 0 Å². The van der Waals surface area contributed by atoms with Crippen molar-refractivity contribution >= 4 is 23.6 Å². The number of alkyl halides is 2. The second kappa shape index (κ2) is 6.44. The number of carbonyl (C=O) groups is 2. The van der Waals surface area contributed by atoms with E-state index in [9.17, 15) is 23.5 Å². The molecule has 2 aliphatic heterocycles. The Balaban J connectivity index is 1.92. The second-order valence-electron chi connectivity index (χ2n) is 6.86. The number of hydrogen-bond donors (Lipinski definition) is 1. The minimum atomic E-state index is -3.29. The Labute approximate surface area is 149 Å². The molecule has 1 aromatic rings. The summed E-state index contributed by atoms with van der Waals surface area (Å²) in [4.78, 5) is 25.9. The maximum atomic E-state index is 14.9. The van der Waals surface area contributed by atoms with Gasteiger partial charge in [0.2, 0.25) is 5.91 Å². The van der Waals surface area contributed by atoms with Gasteiger partial charge in [0, 0.05) is 31.0 Å². The Hall–Kier alpha value is -1.89. The number of piperidine rings is 1. The zero-order valence-electron chi connectivity index (χ0n) is 13.7. The number of nitrogens with zero attached hydrogens (tertiary/aromatic N) is 2. The number of hydrogen-bond acceptors (Lipinski definition) is 2. The third-order valence-electron chi connectivity index (χ3n) is 4.85. The van der Waals surface area contributed by atoms with E-state index in [1.165, 1.54) is 29.2 Å². The van der Waals surface area contributed by atoms with Gasteiger partial charge in [0.25, 0.3) is 5.92 Å². The normalized spacial score (nSPS) is 29.1. The molecule has 136 valence electrons. The number of rotatable bonds is 2. The minimum absolute atomic E-state index is 0.0911. The highest BCUT2D eigenvalue weighted by Crippen LogP contribution is 2.45. The average Bonchev–Trinajstić information content (AvgIpc) is 2.85. The summed E-state index contributed by atoms with van der Waals surface area (Å²) in [7, 11) is 0. The van der Waals surface area contributed by atoms with E-state index in [2.05, 4.69) is 0 Å². The Morgan fingerprint density at radius 3 is 2.44 bits per heavy atom. The zero-order valence-corrected chi connectivity index (χ0v) is 14.4. The number of halogens is 3. The van der Waals surface area contributed by atoms with Crippen molar-refractivity contribution in [1.29, 1.82) is 0 Å². The lowest BCUT2D eigenvalue weighted by Gasteiger charge is -2.45. The fraction of sp³-hybridized carbons (Fsp3) is 0.529. The first-order valence-corrected chi connectivity index (χ1v) is 8.49. The zero-order chi connectivity index (χ0) is 18.4. The molecule has 3 rings (SSSR count). The van der Waals surface area contributed by atoms with E-state index in [0.717, 1.165) is 4.90 Å². The molecule has 3 atom stereocenters. The molecule has 2 amide bonds. The molecule has 0 aromatic heterocycles. The Kier molecular flexibility index (Phi) is 4.62. The molecule has 25 heavy (non-hydrogen) atoms. The predicted octanol–water partition coefficient (Wildman–Crippen LogP) is 3.64. The molecular weight excluding hydrogens is 354 g/mol. The van der Waals surface area contributed by atoms with E-state index in [4.69, 9.17) is 11.6 Å². The summed E-state index contributed by atoms with van der Waals surface area (Å²) in [6.07, 6.45) is -1.66. The third kappa shape index (κ3) is 3.42. The van der Waals surface area contributed by atoms with E-state index in [1.807, 2.05) is 6.92 Å². The molecular formula is C17H19ClF2N2O3. The van der Waals surface area contributed by atoms with Gasteiger partial charge >= 0.3 is 6.09 Å². The van der Waals surface area contributed by atoms with Crippen molar-refractivity contribution in [2.24, 2.45) is 5.92 Å². The van der Waals surface area contributed by atoms with Crippen LogP contribution in [0.25, 0.3) is 0 Å². The van der Waals surface area contributed by atoms with Gasteiger partial charge in [-0.15, -0.1) is 0 Å². The molecule has 2 fully saturated rings. The van der Waals surface area contributed by atoms with Gasteiger partial charge in [0.15, 0.2) is 0 Å². The van der Waals surface area contributed by atoms with Crippen LogP contribution in [-0.4, -0.2) is 52.0 Å². The summed E-state index contributed by atoms with van der Waals surface area (Å²) in [5.41, 5.74) is 0.191. The van der Waals surface area contributed by atoms with Crippen molar-refractivity contribution in [3.63, 3.8) is 0 Å². The second-order valence-corrected chi connectivity index (χ2v) is 7.30. The Morgan fingerprint density at radius 2 is 1.92 bits per heavy atom. The number of likely N-dealkylation sites (tertiary alicyclic amines) is 2. The molecule has 2 heterocycles. The molecule has 0 saturated carbocycles. The molecule has 0 bridgehead atoms. The van der Waals surface area contributed by atoms with Crippen molar-refractivity contribution in [2.75, 3.05) is 13.1 Å². The van der Waals surface area contributed by atoms with E-state index < -0.39 is 30.5 Å². The van der Waals surface area contributed by atoms with Crippen LogP contribution >= 0.6 is 11.6 Å². The topological polar surface area (TPSA) is 60.9 Å². The summed E-state index contributed by atoms with van der Waals surface area (Å²) in [6, 6.07) is 3.36. The molecule has 0 spiro atoms. The molecule has 0 radical (unpaired) electrons. The monoisotopic (exact) mass is 372 g/mol. The van der Waals surface area contributed by atoms with Crippen LogP contribution in [0.2, 0.25) is 5.02 Å². The molecule has 2 unspecified atom stereocenters. The number of amides is 2. The van der Waals surface area contributed by atoms with Crippen molar-refractivity contribution in [1.82, 2.24) is 9.80 Å². The minimum Gasteiger partial charge on any atom is -0.465 e. The quantitative estimate of drug-likeness (QED) is 0.862. The summed E-state index contributed by atoms with van der Waals surface area (Å²) < 4.78 is 29.8. The van der Waals surface area contributed by atoms with Gasteiger partial charge in [-0.25, -0.2) is 13.6 Å². The van der Waals surface area contributed by atoms with Crippen molar-refractivity contribution in [3.8, 4) is 0 Å². The van der Waals surface area contributed by atoms with Gasteiger partial charge < -0.3 is 10.0 Å². The van der Waals surface area contributed by atoms with Gasteiger partial charge in [-0.2, -0.15) is 0 Å². The van der Waals surface area contributed by atoms with E-state index >= 15 is 0 Å². The summed E-state index contributed by atoms with van der Waals surface area (Å²) >= 11 is 5.80. The lowest BCUT2D eigenvalue weighted by molar-refractivity contribution is -0.146. The highest BCUT2D eigenvalue weighted by atomic mass is 35.5. The average molecular weight is 373 g/mol. The van der Waals surface area contributed by atoms with Gasteiger partial charge in [-0.05, 0) is 23.6 Å². The highest BCUT2D eigenvalue weighted by molar-refractivity contribution is 6.30. The lowest BCUT2D eigenvalue weighted by Crippen LogP contribution is -2.58. The maximum absolute atomic E-state index is 14.9.